The van der Waals surface area contributed by atoms with E-state index in [0.717, 1.165) is 22.7 Å². The van der Waals surface area contributed by atoms with Crippen molar-refractivity contribution in [2.24, 2.45) is 0 Å². The Bertz CT molecular complexity index is 1490. The van der Waals surface area contributed by atoms with Crippen LogP contribution in [0.4, 0.5) is 0 Å². The minimum Gasteiger partial charge on any atom is -1.00 e. The molecule has 5 heteroatoms. The number of alkyl halides is 2. The van der Waals surface area contributed by atoms with Crippen LogP contribution in [0.25, 0.3) is 43.4 Å². The number of hydrogen-bond donors (Lipinski definition) is 0. The number of nitrogens with zero attached hydrogens (tertiary/aromatic N) is 2. The van der Waals surface area contributed by atoms with Gasteiger partial charge in [-0.15, -0.1) is 0 Å². The van der Waals surface area contributed by atoms with E-state index in [0.29, 0.717) is 0 Å². The van der Waals surface area contributed by atoms with Gasteiger partial charge in [-0.25, -0.2) is 0 Å². The first-order valence-corrected chi connectivity index (χ1v) is 14.2. The highest BCUT2D eigenvalue weighted by Crippen LogP contribution is 2.23. The molecular weight excluding hydrogens is 640 g/mol. The molecule has 0 aliphatic carbocycles. The van der Waals surface area contributed by atoms with E-state index in [1.807, 2.05) is 24.4 Å². The summed E-state index contributed by atoms with van der Waals surface area (Å²) in [6.45, 7) is 3.13. The second-order valence-corrected chi connectivity index (χ2v) is 9.75. The highest BCUT2D eigenvalue weighted by atomic mass is 79.9. The third-order valence-corrected chi connectivity index (χ3v) is 6.92. The van der Waals surface area contributed by atoms with Crippen molar-refractivity contribution in [2.45, 2.75) is 19.9 Å². The second-order valence-electron chi connectivity index (χ2n) is 8.17. The Morgan fingerprint density at radius 1 is 0.639 bits per heavy atom. The van der Waals surface area contributed by atoms with Crippen molar-refractivity contribution in [3.8, 4) is 0 Å². The second kappa shape index (κ2) is 14.4. The molecule has 6 aromatic rings. The molecule has 0 saturated heterocycles. The van der Waals surface area contributed by atoms with E-state index in [1.165, 1.54) is 44.3 Å². The fourth-order valence-electron chi connectivity index (χ4n) is 4.13. The molecule has 2 aromatic heterocycles. The molecule has 0 aliphatic rings. The molecule has 0 atom stereocenters. The number of pyridine rings is 2. The lowest BCUT2D eigenvalue weighted by atomic mass is 10.1. The van der Waals surface area contributed by atoms with Crippen LogP contribution in [0, 0.1) is 0 Å². The quantitative estimate of drug-likeness (QED) is 0.131. The molecular formula is C31H29Br3N2. The molecule has 184 valence electrons. The minimum absolute atomic E-state index is 0. The summed E-state index contributed by atoms with van der Waals surface area (Å²) in [5.74, 6) is 0. The Kier molecular flexibility index (Phi) is 11.3. The Morgan fingerprint density at radius 2 is 1.17 bits per heavy atom. The zero-order valence-corrected chi connectivity index (χ0v) is 25.0. The van der Waals surface area contributed by atoms with Gasteiger partial charge in [0.25, 0.3) is 0 Å². The van der Waals surface area contributed by atoms with E-state index in [9.17, 15) is 0 Å². The SMILES string of the molecule is BrCC[n+]1cc2ccccc2c2ccccc21.CCCBr.[Br-].c1ccc2c(c1)cnc1ccccc12. The van der Waals surface area contributed by atoms with Crippen molar-refractivity contribution in [1.82, 2.24) is 4.98 Å². The van der Waals surface area contributed by atoms with E-state index in [1.54, 1.807) is 0 Å². The molecule has 2 nitrogen and oxygen atoms in total. The van der Waals surface area contributed by atoms with Crippen LogP contribution in [0.3, 0.4) is 0 Å². The van der Waals surface area contributed by atoms with Crippen LogP contribution in [0.5, 0.6) is 0 Å². The average Bonchev–Trinajstić information content (AvgIpc) is 2.94. The van der Waals surface area contributed by atoms with Crippen LogP contribution in [0.15, 0.2) is 109 Å². The van der Waals surface area contributed by atoms with Gasteiger partial charge in [0, 0.05) is 39.1 Å². The molecule has 6 rings (SSSR count). The molecule has 0 amide bonds. The van der Waals surface area contributed by atoms with E-state index in [4.69, 9.17) is 0 Å². The average molecular weight is 669 g/mol. The summed E-state index contributed by atoms with van der Waals surface area (Å²) in [6.07, 6.45) is 5.40. The van der Waals surface area contributed by atoms with Crippen molar-refractivity contribution < 1.29 is 21.5 Å². The number of para-hydroxylation sites is 2. The van der Waals surface area contributed by atoms with Crippen LogP contribution < -0.4 is 21.5 Å². The summed E-state index contributed by atoms with van der Waals surface area (Å²) in [5.41, 5.74) is 2.36. The number of benzene rings is 4. The van der Waals surface area contributed by atoms with Crippen LogP contribution in [-0.4, -0.2) is 15.6 Å². The molecule has 0 N–H and O–H groups in total. The molecule has 0 fully saturated rings. The molecule has 4 aromatic carbocycles. The highest BCUT2D eigenvalue weighted by Gasteiger charge is 2.11. The van der Waals surface area contributed by atoms with Crippen molar-refractivity contribution in [1.29, 1.82) is 0 Å². The summed E-state index contributed by atoms with van der Waals surface area (Å²) in [7, 11) is 0. The van der Waals surface area contributed by atoms with Gasteiger partial charge in [0.2, 0.25) is 5.52 Å². The summed E-state index contributed by atoms with van der Waals surface area (Å²) in [5, 5.41) is 9.76. The number of aromatic nitrogens is 2. The predicted octanol–water partition coefficient (Wildman–Crippen LogP) is 5.86. The summed E-state index contributed by atoms with van der Waals surface area (Å²) >= 11 is 6.76. The van der Waals surface area contributed by atoms with Gasteiger partial charge in [0.15, 0.2) is 12.7 Å². The van der Waals surface area contributed by atoms with Crippen LogP contribution in [0.2, 0.25) is 0 Å². The summed E-state index contributed by atoms with van der Waals surface area (Å²) in [4.78, 5) is 4.41. The van der Waals surface area contributed by atoms with Gasteiger partial charge in [-0.3, -0.25) is 4.98 Å². The van der Waals surface area contributed by atoms with Gasteiger partial charge in [-0.1, -0.05) is 112 Å². The fraction of sp³-hybridized carbons (Fsp3) is 0.161. The Hall–Kier alpha value is -2.34. The molecule has 0 saturated carbocycles. The lowest BCUT2D eigenvalue weighted by molar-refractivity contribution is -0.665. The smallest absolute Gasteiger partial charge is 0.213 e. The monoisotopic (exact) mass is 666 g/mol. The van der Waals surface area contributed by atoms with Crippen molar-refractivity contribution in [3.63, 3.8) is 0 Å². The third-order valence-electron chi connectivity index (χ3n) is 5.77. The van der Waals surface area contributed by atoms with Gasteiger partial charge in [0.1, 0.15) is 0 Å². The van der Waals surface area contributed by atoms with Crippen molar-refractivity contribution in [2.75, 3.05) is 10.7 Å². The maximum absolute atomic E-state index is 4.41. The summed E-state index contributed by atoms with van der Waals surface area (Å²) in [6, 6.07) is 33.7. The van der Waals surface area contributed by atoms with Gasteiger partial charge >= 0.3 is 0 Å². The van der Waals surface area contributed by atoms with Crippen LogP contribution in [-0.2, 0) is 6.54 Å². The molecule has 0 unspecified atom stereocenters. The van der Waals surface area contributed by atoms with Gasteiger partial charge < -0.3 is 17.0 Å². The molecule has 2 heterocycles. The minimum atomic E-state index is 0. The highest BCUT2D eigenvalue weighted by molar-refractivity contribution is 9.09. The normalized spacial score (nSPS) is 10.3. The van der Waals surface area contributed by atoms with Gasteiger partial charge in [-0.05, 0) is 30.0 Å². The Labute approximate surface area is 240 Å². The van der Waals surface area contributed by atoms with Crippen molar-refractivity contribution in [3.05, 3.63) is 109 Å². The zero-order chi connectivity index (χ0) is 24.5. The number of fused-ring (bicyclic) bond motifs is 6. The predicted molar refractivity (Wildman–Crippen MR) is 159 cm³/mol. The topological polar surface area (TPSA) is 16.8 Å². The standard InChI is InChI=1S/C15H13BrN.C13H9N.C3H7Br.BrH/c16-9-10-17-11-12-5-1-2-6-13(12)14-7-3-4-8-15(14)17;1-2-6-11-10(5-1)9-14-13-8-4-3-7-12(11)13;1-2-3-4;/h1-8,11H,9-10H2;1-9H;2-3H2,1H3;1H/q+1;;;/p-1. The molecule has 0 aliphatic heterocycles. The Balaban J connectivity index is 0.000000173. The van der Waals surface area contributed by atoms with Crippen molar-refractivity contribution >= 4 is 75.2 Å². The zero-order valence-electron chi connectivity index (χ0n) is 20.2. The fourth-order valence-corrected chi connectivity index (χ4v) is 4.51. The first-order valence-electron chi connectivity index (χ1n) is 11.9. The lowest BCUT2D eigenvalue weighted by Gasteiger charge is -2.04. The maximum Gasteiger partial charge on any atom is 0.213 e. The first kappa shape index (κ1) is 28.2. The van der Waals surface area contributed by atoms with E-state index in [-0.39, 0.29) is 17.0 Å². The van der Waals surface area contributed by atoms with Crippen LogP contribution >= 0.6 is 31.9 Å². The van der Waals surface area contributed by atoms with Gasteiger partial charge in [0.05, 0.1) is 16.2 Å². The number of hydrogen-bond acceptors (Lipinski definition) is 1. The first-order chi connectivity index (χ1) is 17.3. The Morgan fingerprint density at radius 3 is 1.83 bits per heavy atom. The van der Waals surface area contributed by atoms with Crippen LogP contribution in [0.1, 0.15) is 13.3 Å². The maximum atomic E-state index is 4.41. The number of halogens is 3. The van der Waals surface area contributed by atoms with E-state index < -0.39 is 0 Å². The molecule has 0 bridgehead atoms. The lowest BCUT2D eigenvalue weighted by Crippen LogP contribution is -3.00. The third kappa shape index (κ3) is 6.70. The molecule has 0 radical (unpaired) electrons. The molecule has 0 spiro atoms. The van der Waals surface area contributed by atoms with Gasteiger partial charge in [-0.2, -0.15) is 4.57 Å². The number of aryl methyl sites for hydroxylation is 1. The van der Waals surface area contributed by atoms with E-state index in [2.05, 4.69) is 133 Å². The largest absolute Gasteiger partial charge is 1.00 e. The number of rotatable bonds is 3. The van der Waals surface area contributed by atoms with E-state index >= 15 is 0 Å². The molecule has 36 heavy (non-hydrogen) atoms. The summed E-state index contributed by atoms with van der Waals surface area (Å²) < 4.78 is 2.31.